The summed E-state index contributed by atoms with van der Waals surface area (Å²) in [5.41, 5.74) is 0. The van der Waals surface area contributed by atoms with Gasteiger partial charge in [0.1, 0.15) is 0 Å². The van der Waals surface area contributed by atoms with E-state index in [9.17, 15) is 0 Å². The Morgan fingerprint density at radius 1 is 1.08 bits per heavy atom. The molecule has 0 radical (unpaired) electrons. The summed E-state index contributed by atoms with van der Waals surface area (Å²) in [5, 5.41) is 0. The molecule has 0 saturated heterocycles. The monoisotopic (exact) mass is 176 g/mol. The van der Waals surface area contributed by atoms with Crippen LogP contribution in [0.2, 0.25) is 0 Å². The van der Waals surface area contributed by atoms with Gasteiger partial charge in [-0.15, -0.1) is 0 Å². The Morgan fingerprint density at radius 2 is 1.77 bits per heavy atom. The lowest BCUT2D eigenvalue weighted by Gasteiger charge is -2.26. The minimum atomic E-state index is 0.974. The van der Waals surface area contributed by atoms with E-state index in [1.54, 1.807) is 0 Å². The van der Waals surface area contributed by atoms with Crippen molar-refractivity contribution in [2.24, 2.45) is 35.5 Å². The summed E-state index contributed by atoms with van der Waals surface area (Å²) in [7, 11) is 0. The fraction of sp³-hybridized carbons (Fsp3) is 0.846. The van der Waals surface area contributed by atoms with Crippen LogP contribution in [0.5, 0.6) is 0 Å². The standard InChI is InChI=1S/C13H20/c1-3-9-6-8(2)12-10-4-5-11(7-10)13(9)12/h4-5,8-13H,3,6-7H2,1-2H3. The molecule has 2 bridgehead atoms. The highest BCUT2D eigenvalue weighted by atomic mass is 14.6. The van der Waals surface area contributed by atoms with Crippen molar-refractivity contribution >= 4 is 0 Å². The Bertz CT molecular complexity index is 240. The van der Waals surface area contributed by atoms with Crippen LogP contribution in [0, 0.1) is 35.5 Å². The largest absolute Gasteiger partial charge is 0.0848 e. The van der Waals surface area contributed by atoms with Crippen molar-refractivity contribution in [2.45, 2.75) is 33.1 Å². The van der Waals surface area contributed by atoms with Gasteiger partial charge in [-0.2, -0.15) is 0 Å². The summed E-state index contributed by atoms with van der Waals surface area (Å²) in [5.74, 6) is 6.16. The minimum Gasteiger partial charge on any atom is -0.0848 e. The molecular weight excluding hydrogens is 156 g/mol. The molecule has 0 nitrogen and oxygen atoms in total. The van der Waals surface area contributed by atoms with Crippen LogP contribution >= 0.6 is 0 Å². The molecule has 0 amide bonds. The molecule has 72 valence electrons. The third-order valence-corrected chi connectivity index (χ3v) is 4.98. The van der Waals surface area contributed by atoms with Crippen LogP contribution in [-0.2, 0) is 0 Å². The second-order valence-corrected chi connectivity index (χ2v) is 5.48. The fourth-order valence-corrected chi connectivity index (χ4v) is 4.59. The molecule has 0 aromatic carbocycles. The number of hydrogen-bond acceptors (Lipinski definition) is 0. The summed E-state index contributed by atoms with van der Waals surface area (Å²) in [6, 6.07) is 0. The van der Waals surface area contributed by atoms with E-state index >= 15 is 0 Å². The Hall–Kier alpha value is -0.260. The molecule has 3 aliphatic carbocycles. The predicted molar refractivity (Wildman–Crippen MR) is 55.3 cm³/mol. The Morgan fingerprint density at radius 3 is 2.46 bits per heavy atom. The normalized spacial score (nSPS) is 57.4. The van der Waals surface area contributed by atoms with E-state index in [-0.39, 0.29) is 0 Å². The molecule has 6 atom stereocenters. The first kappa shape index (κ1) is 8.08. The van der Waals surface area contributed by atoms with E-state index < -0.39 is 0 Å². The molecule has 0 aromatic heterocycles. The lowest BCUT2D eigenvalue weighted by atomic mass is 9.79. The van der Waals surface area contributed by atoms with E-state index in [2.05, 4.69) is 26.0 Å². The highest BCUT2D eigenvalue weighted by molar-refractivity contribution is 5.17. The zero-order valence-electron chi connectivity index (χ0n) is 8.74. The summed E-state index contributed by atoms with van der Waals surface area (Å²) < 4.78 is 0. The third kappa shape index (κ3) is 0.923. The van der Waals surface area contributed by atoms with Crippen LogP contribution in [0.15, 0.2) is 12.2 Å². The molecule has 0 spiro atoms. The maximum Gasteiger partial charge on any atom is -0.0194 e. The van der Waals surface area contributed by atoms with Crippen molar-refractivity contribution in [1.29, 1.82) is 0 Å². The van der Waals surface area contributed by atoms with Gasteiger partial charge in [0.05, 0.1) is 0 Å². The van der Waals surface area contributed by atoms with Crippen molar-refractivity contribution in [3.63, 3.8) is 0 Å². The van der Waals surface area contributed by atoms with Gasteiger partial charge in [-0.1, -0.05) is 32.4 Å². The van der Waals surface area contributed by atoms with Crippen molar-refractivity contribution < 1.29 is 0 Å². The molecule has 0 N–H and O–H groups in total. The summed E-state index contributed by atoms with van der Waals surface area (Å²) >= 11 is 0. The molecule has 13 heavy (non-hydrogen) atoms. The molecule has 0 aromatic rings. The van der Waals surface area contributed by atoms with E-state index in [0.29, 0.717) is 0 Å². The van der Waals surface area contributed by atoms with Crippen molar-refractivity contribution in [2.75, 3.05) is 0 Å². The van der Waals surface area contributed by atoms with Gasteiger partial charge in [0.25, 0.3) is 0 Å². The molecule has 0 heteroatoms. The zero-order chi connectivity index (χ0) is 9.00. The molecule has 0 aliphatic heterocycles. The van der Waals surface area contributed by atoms with Gasteiger partial charge in [-0.25, -0.2) is 0 Å². The topological polar surface area (TPSA) is 0 Å². The maximum absolute atomic E-state index is 2.52. The van der Waals surface area contributed by atoms with Crippen LogP contribution in [0.1, 0.15) is 33.1 Å². The molecule has 0 heterocycles. The molecule has 2 fully saturated rings. The van der Waals surface area contributed by atoms with Crippen molar-refractivity contribution in [3.05, 3.63) is 12.2 Å². The average molecular weight is 176 g/mol. The first-order chi connectivity index (χ1) is 6.31. The van der Waals surface area contributed by atoms with E-state index in [1.807, 2.05) is 0 Å². The van der Waals surface area contributed by atoms with Gasteiger partial charge in [-0.05, 0) is 48.3 Å². The summed E-state index contributed by atoms with van der Waals surface area (Å²) in [6.45, 7) is 4.87. The van der Waals surface area contributed by atoms with Crippen LogP contribution < -0.4 is 0 Å². The maximum atomic E-state index is 2.52. The Kier molecular flexibility index (Phi) is 1.63. The fourth-order valence-electron chi connectivity index (χ4n) is 4.59. The van der Waals surface area contributed by atoms with Crippen LogP contribution in [0.25, 0.3) is 0 Å². The second kappa shape index (κ2) is 2.62. The van der Waals surface area contributed by atoms with Crippen molar-refractivity contribution in [1.82, 2.24) is 0 Å². The number of fused-ring (bicyclic) bond motifs is 5. The molecular formula is C13H20. The highest BCUT2D eigenvalue weighted by Gasteiger charge is 2.53. The smallest absolute Gasteiger partial charge is 0.0194 e. The predicted octanol–water partition coefficient (Wildman–Crippen LogP) is 3.49. The van der Waals surface area contributed by atoms with Gasteiger partial charge < -0.3 is 0 Å². The van der Waals surface area contributed by atoms with E-state index in [1.165, 1.54) is 19.3 Å². The number of hydrogen-bond donors (Lipinski definition) is 0. The lowest BCUT2D eigenvalue weighted by molar-refractivity contribution is 0.266. The Balaban J connectivity index is 1.92. The number of allylic oxidation sites excluding steroid dienone is 2. The van der Waals surface area contributed by atoms with Gasteiger partial charge in [0, 0.05) is 0 Å². The van der Waals surface area contributed by atoms with Gasteiger partial charge in [0.2, 0.25) is 0 Å². The molecule has 6 unspecified atom stereocenters. The van der Waals surface area contributed by atoms with Crippen LogP contribution in [-0.4, -0.2) is 0 Å². The minimum absolute atomic E-state index is 0.974. The van der Waals surface area contributed by atoms with Gasteiger partial charge in [-0.3, -0.25) is 0 Å². The van der Waals surface area contributed by atoms with E-state index in [4.69, 9.17) is 0 Å². The first-order valence-corrected chi connectivity index (χ1v) is 5.99. The van der Waals surface area contributed by atoms with Crippen LogP contribution in [0.4, 0.5) is 0 Å². The summed E-state index contributed by atoms with van der Waals surface area (Å²) in [6.07, 6.45) is 9.46. The zero-order valence-corrected chi connectivity index (χ0v) is 8.74. The van der Waals surface area contributed by atoms with E-state index in [0.717, 1.165) is 35.5 Å². The quantitative estimate of drug-likeness (QED) is 0.536. The highest BCUT2D eigenvalue weighted by Crippen LogP contribution is 2.60. The SMILES string of the molecule is CCC1CC(C)C2C3C=CC(C3)C12. The average Bonchev–Trinajstić information content (AvgIpc) is 2.76. The summed E-state index contributed by atoms with van der Waals surface area (Å²) in [4.78, 5) is 0. The molecule has 2 saturated carbocycles. The number of rotatable bonds is 1. The molecule has 3 rings (SSSR count). The lowest BCUT2D eigenvalue weighted by Crippen LogP contribution is -2.20. The van der Waals surface area contributed by atoms with Crippen LogP contribution in [0.3, 0.4) is 0 Å². The Labute approximate surface area is 81.4 Å². The third-order valence-electron chi connectivity index (χ3n) is 4.98. The van der Waals surface area contributed by atoms with Crippen molar-refractivity contribution in [3.8, 4) is 0 Å². The molecule has 3 aliphatic rings. The second-order valence-electron chi connectivity index (χ2n) is 5.48. The van der Waals surface area contributed by atoms with Gasteiger partial charge >= 0.3 is 0 Å². The first-order valence-electron chi connectivity index (χ1n) is 5.99. The van der Waals surface area contributed by atoms with Gasteiger partial charge in [0.15, 0.2) is 0 Å².